The van der Waals surface area contributed by atoms with Crippen molar-refractivity contribution in [3.05, 3.63) is 125 Å². The lowest BCUT2D eigenvalue weighted by atomic mass is 9.88. The minimum atomic E-state index is -1.12. The average molecular weight is 974 g/mol. The number of carbonyl (C=O) groups is 5. The molecule has 4 N–H and O–H groups in total. The molecule has 3 aliphatic rings. The van der Waals surface area contributed by atoms with E-state index >= 15 is 0 Å². The lowest BCUT2D eigenvalue weighted by Crippen LogP contribution is -2.44. The number of nitrogens with one attached hydrogen (secondary N) is 3. The zero-order valence-corrected chi connectivity index (χ0v) is 40.7. The zero-order chi connectivity index (χ0) is 49.3. The van der Waals surface area contributed by atoms with E-state index in [0.717, 1.165) is 75.6 Å². The molecule has 10 rings (SSSR count). The zero-order valence-electron chi connectivity index (χ0n) is 39.9. The highest BCUT2D eigenvalue weighted by Gasteiger charge is 2.32. The van der Waals surface area contributed by atoms with E-state index in [1.165, 1.54) is 11.3 Å². The van der Waals surface area contributed by atoms with Gasteiger partial charge in [0.05, 0.1) is 40.5 Å². The number of carboxylic acids is 1. The van der Waals surface area contributed by atoms with E-state index in [9.17, 15) is 29.1 Å². The number of piperidine rings is 2. The summed E-state index contributed by atoms with van der Waals surface area (Å²) >= 11 is 1.43. The van der Waals surface area contributed by atoms with Crippen LogP contribution in [0.25, 0.3) is 32.2 Å². The van der Waals surface area contributed by atoms with Crippen LogP contribution in [0.5, 0.6) is 5.75 Å². The van der Waals surface area contributed by atoms with Crippen molar-refractivity contribution in [3.63, 3.8) is 0 Å². The first kappa shape index (κ1) is 47.2. The Balaban J connectivity index is 0.701. The van der Waals surface area contributed by atoms with Gasteiger partial charge in [-0.05, 0) is 148 Å². The van der Waals surface area contributed by atoms with E-state index in [1.54, 1.807) is 4.68 Å². The van der Waals surface area contributed by atoms with Gasteiger partial charge >= 0.3 is 5.97 Å². The van der Waals surface area contributed by atoms with Crippen LogP contribution in [-0.4, -0.2) is 91.6 Å². The number of carbonyl (C=O) groups excluding carboxylic acids is 4. The van der Waals surface area contributed by atoms with E-state index in [0.29, 0.717) is 77.7 Å². The Bertz CT molecular complexity index is 3210. The third-order valence-corrected chi connectivity index (χ3v) is 15.1. The second kappa shape index (κ2) is 20.1. The summed E-state index contributed by atoms with van der Waals surface area (Å²) in [5.74, 6) is -0.775. The summed E-state index contributed by atoms with van der Waals surface area (Å²) in [6, 6.07) is 28.7. The van der Waals surface area contributed by atoms with Crippen molar-refractivity contribution in [3.8, 4) is 16.9 Å². The third kappa shape index (κ3) is 10.1. The van der Waals surface area contributed by atoms with Crippen molar-refractivity contribution in [1.29, 1.82) is 0 Å². The summed E-state index contributed by atoms with van der Waals surface area (Å²) < 4.78 is 8.91. The number of likely N-dealkylation sites (tertiary alicyclic amines) is 1. The number of amides is 4. The molecule has 3 aromatic heterocycles. The number of imide groups is 1. The summed E-state index contributed by atoms with van der Waals surface area (Å²) in [6.07, 6.45) is 5.23. The number of aryl methyl sites for hydroxylation is 2. The second-order valence-corrected chi connectivity index (χ2v) is 19.9. The number of aromatic carboxylic acids is 1. The highest BCUT2D eigenvalue weighted by Crippen LogP contribution is 2.35. The predicted molar refractivity (Wildman–Crippen MR) is 273 cm³/mol. The van der Waals surface area contributed by atoms with Crippen LogP contribution in [0.4, 0.5) is 16.6 Å². The predicted octanol–water partition coefficient (Wildman–Crippen LogP) is 8.49. The number of rotatable bonds is 14. The van der Waals surface area contributed by atoms with Gasteiger partial charge in [0.1, 0.15) is 11.6 Å². The van der Waals surface area contributed by atoms with Crippen molar-refractivity contribution in [2.45, 2.75) is 77.3 Å². The van der Waals surface area contributed by atoms with Gasteiger partial charge < -0.3 is 20.1 Å². The molecule has 17 heteroatoms. The standard InChI is InChI=1S/C54H55N9O7S/c1-31-26-36(70-25-7-8-33-21-23-62(32(2)27-33)30-48(65)55-35-13-15-40-44(28-35)61(3)60-49(40)41-18-20-47(64)58-52(41)67)14-16-37(31)38-17-19-46(57-50(38)53(68)69)63-24-22-34-9-6-10-39(42(34)29-63)51(66)59-54-56-43-11-4-5-12-45(43)71-54/h4-6,9-17,19,26,28,32-33,41H,7-8,18,20-25,27,29-30H2,1-3H3,(H,55,65)(H,68,69)(H,56,59,66)(H,58,64,67)/t32-,33-,41?/m1/s1. The molecule has 4 aromatic carbocycles. The summed E-state index contributed by atoms with van der Waals surface area (Å²) in [5, 5.41) is 24.8. The first-order valence-corrected chi connectivity index (χ1v) is 25.0. The summed E-state index contributed by atoms with van der Waals surface area (Å²) in [7, 11) is 1.81. The van der Waals surface area contributed by atoms with Crippen molar-refractivity contribution in [1.82, 2.24) is 30.0 Å². The fourth-order valence-corrected chi connectivity index (χ4v) is 11.3. The van der Waals surface area contributed by atoms with Crippen molar-refractivity contribution >= 4 is 78.7 Å². The molecule has 2 saturated heterocycles. The Kier molecular flexibility index (Phi) is 13.3. The molecular formula is C54H55N9O7S. The molecule has 6 heterocycles. The Morgan fingerprint density at radius 2 is 1.76 bits per heavy atom. The number of anilines is 3. The number of para-hydroxylation sites is 1. The van der Waals surface area contributed by atoms with Crippen LogP contribution in [0, 0.1) is 12.8 Å². The number of carboxylic acid groups (broad SMARTS) is 1. The molecule has 3 atom stereocenters. The van der Waals surface area contributed by atoms with E-state index < -0.39 is 11.9 Å². The van der Waals surface area contributed by atoms with E-state index in [4.69, 9.17) is 9.72 Å². The molecule has 0 spiro atoms. The van der Waals surface area contributed by atoms with Crippen molar-refractivity contribution < 1.29 is 33.8 Å². The maximum absolute atomic E-state index is 13.6. The summed E-state index contributed by atoms with van der Waals surface area (Å²) in [5.41, 5.74) is 7.54. The number of thiazole rings is 1. The van der Waals surface area contributed by atoms with Crippen LogP contribution < -0.4 is 25.6 Å². The van der Waals surface area contributed by atoms with Gasteiger partial charge in [-0.2, -0.15) is 5.10 Å². The Morgan fingerprint density at radius 3 is 2.56 bits per heavy atom. The number of aromatic nitrogens is 4. The van der Waals surface area contributed by atoms with E-state index in [2.05, 4.69) is 37.9 Å². The Labute approximate surface area is 414 Å². The number of ether oxygens (including phenoxy) is 1. The SMILES string of the molecule is Cc1cc(OCCC[C@@H]2CCN(CC(=O)Nc3ccc4c(C5CCC(=O)NC5=O)nn(C)c4c3)[C@H](C)C2)ccc1-c1ccc(N2CCc3cccc(C(=O)Nc4nc5ccccc5s4)c3C2)nc1C(=O)O. The van der Waals surface area contributed by atoms with Crippen molar-refractivity contribution in [2.24, 2.45) is 13.0 Å². The van der Waals surface area contributed by atoms with Gasteiger partial charge in [0.2, 0.25) is 17.7 Å². The van der Waals surface area contributed by atoms with E-state index in [-0.39, 0.29) is 48.3 Å². The second-order valence-electron chi connectivity index (χ2n) is 18.9. The molecule has 7 aromatic rings. The number of benzene rings is 4. The molecule has 0 radical (unpaired) electrons. The van der Waals surface area contributed by atoms with Gasteiger partial charge in [-0.15, -0.1) is 0 Å². The van der Waals surface area contributed by atoms with Crippen LogP contribution in [0.15, 0.2) is 91.0 Å². The highest BCUT2D eigenvalue weighted by atomic mass is 32.1. The maximum atomic E-state index is 13.6. The number of pyridine rings is 1. The molecule has 2 fully saturated rings. The monoisotopic (exact) mass is 973 g/mol. The Hall–Kier alpha value is -7.50. The van der Waals surface area contributed by atoms with Crippen LogP contribution in [0.2, 0.25) is 0 Å². The smallest absolute Gasteiger partial charge is 0.355 e. The van der Waals surface area contributed by atoms with Gasteiger partial charge in [0.25, 0.3) is 5.91 Å². The summed E-state index contributed by atoms with van der Waals surface area (Å²) in [4.78, 5) is 77.3. The molecule has 364 valence electrons. The molecule has 0 bridgehead atoms. The highest BCUT2D eigenvalue weighted by molar-refractivity contribution is 7.22. The molecule has 0 aliphatic carbocycles. The number of fused-ring (bicyclic) bond motifs is 3. The first-order valence-electron chi connectivity index (χ1n) is 24.2. The minimum absolute atomic E-state index is 0.0427. The van der Waals surface area contributed by atoms with Crippen LogP contribution >= 0.6 is 11.3 Å². The molecule has 0 saturated carbocycles. The maximum Gasteiger partial charge on any atom is 0.355 e. The van der Waals surface area contributed by atoms with Crippen LogP contribution in [-0.2, 0) is 34.4 Å². The molecule has 1 unspecified atom stereocenters. The molecule has 16 nitrogen and oxygen atoms in total. The van der Waals surface area contributed by atoms with Gasteiger partial charge in [-0.3, -0.25) is 39.4 Å². The lowest BCUT2D eigenvalue weighted by molar-refractivity contribution is -0.134. The number of hydrogen-bond acceptors (Lipinski definition) is 12. The Morgan fingerprint density at radius 1 is 0.915 bits per heavy atom. The van der Waals surface area contributed by atoms with Crippen molar-refractivity contribution in [2.75, 3.05) is 41.8 Å². The number of nitrogens with zero attached hydrogens (tertiary/aromatic N) is 6. The largest absolute Gasteiger partial charge is 0.494 e. The van der Waals surface area contributed by atoms with Gasteiger partial charge in [-0.25, -0.2) is 14.8 Å². The normalized spacial score (nSPS) is 18.3. The molecular weight excluding hydrogens is 919 g/mol. The summed E-state index contributed by atoms with van der Waals surface area (Å²) in [6.45, 7) is 6.80. The quantitative estimate of drug-likeness (QED) is 0.0599. The lowest BCUT2D eigenvalue weighted by Gasteiger charge is -2.37. The van der Waals surface area contributed by atoms with Gasteiger partial charge in [0, 0.05) is 54.8 Å². The molecule has 3 aliphatic heterocycles. The number of hydrogen-bond donors (Lipinski definition) is 4. The van der Waals surface area contributed by atoms with Gasteiger partial charge in [0.15, 0.2) is 10.8 Å². The molecule has 71 heavy (non-hydrogen) atoms. The first-order chi connectivity index (χ1) is 34.3. The van der Waals surface area contributed by atoms with Crippen LogP contribution in [0.1, 0.15) is 94.6 Å². The topological polar surface area (TPSA) is 201 Å². The third-order valence-electron chi connectivity index (χ3n) is 14.2. The average Bonchev–Trinajstić information content (AvgIpc) is 3.92. The molecule has 4 amide bonds. The fourth-order valence-electron chi connectivity index (χ4n) is 10.4. The van der Waals surface area contributed by atoms with Gasteiger partial charge in [-0.1, -0.05) is 41.7 Å². The fraction of sp³-hybridized carbons (Fsp3) is 0.333. The van der Waals surface area contributed by atoms with E-state index in [1.807, 2.05) is 110 Å². The minimum Gasteiger partial charge on any atom is -0.494 e. The van der Waals surface area contributed by atoms with Crippen LogP contribution in [0.3, 0.4) is 0 Å².